The van der Waals surface area contributed by atoms with Crippen LogP contribution in [-0.4, -0.2) is 41.7 Å². The van der Waals surface area contributed by atoms with E-state index in [1.165, 1.54) is 36.5 Å². The Morgan fingerprint density at radius 3 is 2.71 bits per heavy atom. The largest absolute Gasteiger partial charge is 0.491 e. The number of ether oxygens (including phenoxy) is 1. The predicted molar refractivity (Wildman–Crippen MR) is 139 cm³/mol. The van der Waals surface area contributed by atoms with Crippen molar-refractivity contribution in [3.05, 3.63) is 75.3 Å². The molecule has 0 fully saturated rings. The zero-order valence-corrected chi connectivity index (χ0v) is 21.3. The molecule has 4 rings (SSSR count). The molecule has 12 heteroatoms. The highest BCUT2D eigenvalue weighted by Gasteiger charge is 2.41. The van der Waals surface area contributed by atoms with Crippen molar-refractivity contribution in [2.45, 2.75) is 32.0 Å². The van der Waals surface area contributed by atoms with Crippen molar-refractivity contribution in [1.29, 1.82) is 5.41 Å². The molecule has 0 saturated heterocycles. The van der Waals surface area contributed by atoms with Crippen molar-refractivity contribution in [2.24, 2.45) is 11.0 Å². The zero-order chi connectivity index (χ0) is 27.6. The second kappa shape index (κ2) is 10.9. The lowest BCUT2D eigenvalue weighted by Gasteiger charge is -2.27. The van der Waals surface area contributed by atoms with E-state index in [2.05, 4.69) is 15.8 Å². The summed E-state index contributed by atoms with van der Waals surface area (Å²) in [6, 6.07) is 4.80. The molecular weight excluding hydrogens is 523 g/mol. The number of nitrogens with one attached hydrogen (secondary N) is 3. The van der Waals surface area contributed by atoms with Gasteiger partial charge in [0.15, 0.2) is 0 Å². The van der Waals surface area contributed by atoms with Crippen LogP contribution in [0.2, 0.25) is 5.02 Å². The number of alkyl halides is 3. The maximum absolute atomic E-state index is 13.7. The summed E-state index contributed by atoms with van der Waals surface area (Å²) in [4.78, 5) is 26.4. The summed E-state index contributed by atoms with van der Waals surface area (Å²) in [7, 11) is 1.60. The van der Waals surface area contributed by atoms with E-state index in [9.17, 15) is 22.8 Å². The van der Waals surface area contributed by atoms with Crippen molar-refractivity contribution in [3.63, 3.8) is 0 Å². The maximum atomic E-state index is 13.7. The topological polar surface area (TPSA) is 109 Å². The molecule has 3 N–H and O–H groups in total. The van der Waals surface area contributed by atoms with Crippen LogP contribution in [0.4, 0.5) is 13.2 Å². The number of nitrogens with zero attached hydrogens (tertiary/aromatic N) is 2. The molecule has 0 bridgehead atoms. The van der Waals surface area contributed by atoms with Crippen LogP contribution >= 0.6 is 11.6 Å². The van der Waals surface area contributed by atoms with E-state index < -0.39 is 36.2 Å². The summed E-state index contributed by atoms with van der Waals surface area (Å²) in [5, 5.41) is 15.0. The molecule has 2 atom stereocenters. The predicted octanol–water partition coefficient (Wildman–Crippen LogP) is 4.40. The monoisotopic (exact) mass is 547 g/mol. The summed E-state index contributed by atoms with van der Waals surface area (Å²) in [6.07, 6.45) is 1.21. The molecule has 0 radical (unpaired) electrons. The van der Waals surface area contributed by atoms with Crippen molar-refractivity contribution >= 4 is 28.9 Å². The lowest BCUT2D eigenvalue weighted by molar-refractivity contribution is -0.181. The van der Waals surface area contributed by atoms with Gasteiger partial charge in [0.2, 0.25) is 5.91 Å². The van der Waals surface area contributed by atoms with Gasteiger partial charge in [0, 0.05) is 29.4 Å². The number of rotatable bonds is 5. The molecule has 2 unspecified atom stereocenters. The molecule has 38 heavy (non-hydrogen) atoms. The van der Waals surface area contributed by atoms with Crippen LogP contribution in [0.3, 0.4) is 0 Å². The number of aromatic nitrogens is 1. The third-order valence-corrected chi connectivity index (χ3v) is 6.53. The Morgan fingerprint density at radius 1 is 1.29 bits per heavy atom. The van der Waals surface area contributed by atoms with E-state index in [-0.39, 0.29) is 24.3 Å². The fraction of sp³-hybridized carbons (Fsp3) is 0.308. The Bertz CT molecular complexity index is 1430. The van der Waals surface area contributed by atoms with E-state index in [1.807, 2.05) is 0 Å². The van der Waals surface area contributed by atoms with E-state index in [0.29, 0.717) is 33.1 Å². The quantitative estimate of drug-likeness (QED) is 0.381. The lowest BCUT2D eigenvalue weighted by Crippen LogP contribution is -2.37. The maximum Gasteiger partial charge on any atom is 0.395 e. The van der Waals surface area contributed by atoms with Crippen LogP contribution in [0, 0.1) is 11.3 Å². The van der Waals surface area contributed by atoms with Gasteiger partial charge in [-0.3, -0.25) is 19.6 Å². The molecule has 1 aromatic heterocycles. The third kappa shape index (κ3) is 5.67. The number of fused-ring (bicyclic) bond motifs is 3. The van der Waals surface area contributed by atoms with Gasteiger partial charge in [-0.2, -0.15) is 18.3 Å². The smallest absolute Gasteiger partial charge is 0.395 e. The highest BCUT2D eigenvalue weighted by molar-refractivity contribution is 6.50. The van der Waals surface area contributed by atoms with E-state index in [4.69, 9.17) is 21.7 Å². The van der Waals surface area contributed by atoms with E-state index in [1.54, 1.807) is 26.1 Å². The summed E-state index contributed by atoms with van der Waals surface area (Å²) in [5.74, 6) is -2.26. The van der Waals surface area contributed by atoms with Crippen LogP contribution < -0.4 is 21.0 Å². The Hall–Kier alpha value is -3.86. The van der Waals surface area contributed by atoms with Gasteiger partial charge in [0.25, 0.3) is 5.56 Å². The Morgan fingerprint density at radius 2 is 2.05 bits per heavy atom. The first kappa shape index (κ1) is 27.2. The normalized spacial score (nSPS) is 18.9. The van der Waals surface area contributed by atoms with Crippen LogP contribution in [0.25, 0.3) is 11.1 Å². The Kier molecular flexibility index (Phi) is 7.77. The van der Waals surface area contributed by atoms with E-state index in [0.717, 1.165) is 4.57 Å². The first-order valence-corrected chi connectivity index (χ1v) is 12.2. The number of hydrogen-bond acceptors (Lipinski definition) is 6. The van der Waals surface area contributed by atoms with Crippen molar-refractivity contribution in [3.8, 4) is 16.9 Å². The minimum Gasteiger partial charge on any atom is -0.491 e. The molecule has 1 amide bonds. The molecule has 2 heterocycles. The molecule has 1 aromatic carbocycles. The number of carbonyl (C=O) groups excluding carboxylic acids is 1. The Labute approximate surface area is 221 Å². The number of carbonyl (C=O) groups is 1. The standard InChI is InChI=1S/C26H25ClF3N5O3/c1-3-22(25(37)33-17-6-7-21(34-32-2)20(31)10-17)35-12-23-19(11-24(35)36)18-9-16(27)5-4-14(18)8-15(13-38-23)26(28,29)30/h4-7,9-12,15,22,31-32H,3,8,13H2,1-2H3,(H,33,37)/b31-20?,34-21-. The number of pyridine rings is 1. The minimum absolute atomic E-state index is 0.0415. The molecule has 1 aliphatic carbocycles. The third-order valence-electron chi connectivity index (χ3n) is 6.30. The average Bonchev–Trinajstić information content (AvgIpc) is 2.84. The molecule has 8 nitrogen and oxygen atoms in total. The van der Waals surface area contributed by atoms with E-state index >= 15 is 0 Å². The lowest BCUT2D eigenvalue weighted by atomic mass is 9.91. The summed E-state index contributed by atoms with van der Waals surface area (Å²) in [5.41, 5.74) is 3.93. The molecule has 1 aliphatic heterocycles. The first-order chi connectivity index (χ1) is 18.0. The zero-order valence-electron chi connectivity index (χ0n) is 20.5. The van der Waals surface area contributed by atoms with Gasteiger partial charge in [-0.25, -0.2) is 0 Å². The highest BCUT2D eigenvalue weighted by atomic mass is 35.5. The molecular formula is C26H25ClF3N5O3. The molecule has 200 valence electrons. The van der Waals surface area contributed by atoms with Crippen LogP contribution in [0.15, 0.2) is 64.3 Å². The number of benzene rings is 1. The van der Waals surface area contributed by atoms with Crippen LogP contribution in [0.5, 0.6) is 5.75 Å². The fourth-order valence-electron chi connectivity index (χ4n) is 4.37. The molecule has 2 aromatic rings. The van der Waals surface area contributed by atoms with Crippen LogP contribution in [-0.2, 0) is 11.2 Å². The minimum atomic E-state index is -4.50. The van der Waals surface area contributed by atoms with Crippen molar-refractivity contribution in [1.82, 2.24) is 15.3 Å². The van der Waals surface area contributed by atoms with Gasteiger partial charge in [0.1, 0.15) is 24.1 Å². The van der Waals surface area contributed by atoms with Gasteiger partial charge in [-0.1, -0.05) is 24.6 Å². The summed E-state index contributed by atoms with van der Waals surface area (Å²) < 4.78 is 47.9. The second-order valence-corrected chi connectivity index (χ2v) is 9.27. The number of hydrogen-bond donors (Lipinski definition) is 3. The van der Waals surface area contributed by atoms with Crippen LogP contribution in [0.1, 0.15) is 24.9 Å². The summed E-state index contributed by atoms with van der Waals surface area (Å²) in [6.45, 7) is 1.06. The Balaban J connectivity index is 1.70. The number of halogens is 4. The first-order valence-electron chi connectivity index (χ1n) is 11.8. The molecule has 0 saturated carbocycles. The van der Waals surface area contributed by atoms with Gasteiger partial charge in [-0.05, 0) is 54.3 Å². The van der Waals surface area contributed by atoms with Gasteiger partial charge >= 0.3 is 6.18 Å². The number of allylic oxidation sites excluding steroid dienone is 3. The summed E-state index contributed by atoms with van der Waals surface area (Å²) >= 11 is 6.14. The van der Waals surface area contributed by atoms with Gasteiger partial charge in [0.05, 0.1) is 17.8 Å². The highest BCUT2D eigenvalue weighted by Crippen LogP contribution is 2.40. The number of amides is 1. The molecule has 2 aliphatic rings. The average molecular weight is 548 g/mol. The molecule has 0 spiro atoms. The number of hydrazone groups is 1. The SMILES string of the molecule is CCC(C(=O)NC1=CC(=N)/C(=N\NC)C=C1)n1cc2c(cc1=O)-c1cc(Cl)ccc1CC(C(F)(F)F)CO2. The van der Waals surface area contributed by atoms with Gasteiger partial charge in [-0.15, -0.1) is 0 Å². The second-order valence-electron chi connectivity index (χ2n) is 8.83. The van der Waals surface area contributed by atoms with Gasteiger partial charge < -0.3 is 15.5 Å². The fourth-order valence-corrected chi connectivity index (χ4v) is 4.54. The van der Waals surface area contributed by atoms with Crippen molar-refractivity contribution in [2.75, 3.05) is 13.7 Å². The van der Waals surface area contributed by atoms with Crippen molar-refractivity contribution < 1.29 is 22.7 Å².